The van der Waals surface area contributed by atoms with Crippen LogP contribution < -0.4 is 15.4 Å². The number of benzene rings is 2. The number of aryl methyl sites for hydroxylation is 1. The van der Waals surface area contributed by atoms with Gasteiger partial charge in [0, 0.05) is 17.2 Å². The predicted molar refractivity (Wildman–Crippen MR) is 112 cm³/mol. The van der Waals surface area contributed by atoms with Gasteiger partial charge < -0.3 is 14.6 Å². The van der Waals surface area contributed by atoms with Crippen LogP contribution in [-0.2, 0) is 11.2 Å². The topological polar surface area (TPSA) is 64.1 Å². The van der Waals surface area contributed by atoms with Gasteiger partial charge in [-0.05, 0) is 62.2 Å². The van der Waals surface area contributed by atoms with E-state index < -0.39 is 19.6 Å². The van der Waals surface area contributed by atoms with Gasteiger partial charge in [0.1, 0.15) is 25.4 Å². The Kier molecular flexibility index (Phi) is 6.20. The Bertz CT molecular complexity index is 1110. The number of halogens is 3. The molecule has 0 aliphatic carbocycles. The van der Waals surface area contributed by atoms with E-state index in [2.05, 4.69) is 15.3 Å². The zero-order valence-electron chi connectivity index (χ0n) is 16.0. The first kappa shape index (κ1) is 21.2. The molecule has 5 nitrogen and oxygen atoms in total. The summed E-state index contributed by atoms with van der Waals surface area (Å²) in [6.07, 6.45) is 1.30. The number of hydrogen-bond acceptors (Lipinski definition) is 5. The lowest BCUT2D eigenvalue weighted by Gasteiger charge is -2.14. The minimum atomic E-state index is -2.37. The highest BCUT2D eigenvalue weighted by Crippen LogP contribution is 2.36. The van der Waals surface area contributed by atoms with E-state index in [4.69, 9.17) is 16.3 Å². The molecule has 152 valence electrons. The zero-order valence-corrected chi connectivity index (χ0v) is 17.7. The molecule has 0 amide bonds. The van der Waals surface area contributed by atoms with E-state index >= 15 is 0 Å². The number of alkyl halides is 1. The van der Waals surface area contributed by atoms with Gasteiger partial charge in [-0.1, -0.05) is 11.6 Å². The third-order valence-electron chi connectivity index (χ3n) is 4.15. The molecule has 0 saturated heterocycles. The van der Waals surface area contributed by atoms with Crippen molar-refractivity contribution in [1.29, 1.82) is 0 Å². The van der Waals surface area contributed by atoms with Crippen LogP contribution in [0.5, 0.6) is 11.6 Å². The second-order valence-corrected chi connectivity index (χ2v) is 10.4. The molecule has 29 heavy (non-hydrogen) atoms. The maximum atomic E-state index is 13.3. The Labute approximate surface area is 172 Å². The molecule has 0 aliphatic rings. The van der Waals surface area contributed by atoms with Crippen LogP contribution in [0.25, 0.3) is 0 Å². The van der Waals surface area contributed by atoms with Gasteiger partial charge in [-0.2, -0.15) is 4.98 Å². The number of anilines is 2. The lowest BCUT2D eigenvalue weighted by molar-refractivity contribution is 0.424. The van der Waals surface area contributed by atoms with Crippen LogP contribution in [0.2, 0.25) is 5.02 Å². The minimum absolute atomic E-state index is 0.0283. The van der Waals surface area contributed by atoms with Crippen molar-refractivity contribution in [3.63, 3.8) is 0 Å². The third kappa shape index (κ3) is 5.11. The first-order valence-corrected chi connectivity index (χ1v) is 11.6. The fraction of sp³-hybridized carbons (Fsp3) is 0.200. The van der Waals surface area contributed by atoms with E-state index in [1.165, 1.54) is 18.3 Å². The monoisotopic (exact) mass is 437 g/mol. The van der Waals surface area contributed by atoms with Gasteiger partial charge in [0.25, 0.3) is 0 Å². The lowest BCUT2D eigenvalue weighted by atomic mass is 10.2. The summed E-state index contributed by atoms with van der Waals surface area (Å²) in [6.45, 7) is 4.44. The second-order valence-electron chi connectivity index (χ2n) is 6.81. The molecule has 1 aromatic heterocycles. The first-order chi connectivity index (χ1) is 13.7. The Balaban J connectivity index is 1.90. The molecule has 2 aromatic carbocycles. The third-order valence-corrected chi connectivity index (χ3v) is 5.96. The molecule has 0 spiro atoms. The highest BCUT2D eigenvalue weighted by Gasteiger charge is 2.15. The van der Waals surface area contributed by atoms with Gasteiger partial charge in [-0.15, -0.1) is 0 Å². The molecule has 1 N–H and O–H groups in total. The maximum absolute atomic E-state index is 13.3. The van der Waals surface area contributed by atoms with E-state index in [1.54, 1.807) is 25.5 Å². The summed E-state index contributed by atoms with van der Waals surface area (Å²) >= 11 is 5.98. The minimum Gasteiger partial charge on any atom is -0.437 e. The summed E-state index contributed by atoms with van der Waals surface area (Å²) in [5.41, 5.74) is 1.69. The van der Waals surface area contributed by atoms with Crippen LogP contribution in [-0.4, -0.2) is 23.3 Å². The fourth-order valence-electron chi connectivity index (χ4n) is 2.54. The fourth-order valence-corrected chi connectivity index (χ4v) is 3.68. The van der Waals surface area contributed by atoms with Crippen LogP contribution in [0.1, 0.15) is 11.1 Å². The van der Waals surface area contributed by atoms with Gasteiger partial charge in [0.15, 0.2) is 0 Å². The van der Waals surface area contributed by atoms with Gasteiger partial charge in [0.05, 0.1) is 10.6 Å². The van der Waals surface area contributed by atoms with E-state index in [0.717, 1.165) is 16.9 Å². The average molecular weight is 438 g/mol. The standard InChI is InChI=1S/C20H19ClF2N3O2P/c1-12-8-15(29(2,3)27)5-6-17(12)25-20-24-11-13(10-22)19(26-20)28-18-7-4-14(23)9-16(18)21/h4-9,11H,10H2,1-3H3,(H,24,25,26). The normalized spacial score (nSPS) is 11.4. The first-order valence-electron chi connectivity index (χ1n) is 8.65. The Hall–Kier alpha value is -2.50. The number of aromatic nitrogens is 2. The Morgan fingerprint density at radius 2 is 1.97 bits per heavy atom. The average Bonchev–Trinajstić information content (AvgIpc) is 2.65. The van der Waals surface area contributed by atoms with E-state index in [0.29, 0.717) is 5.69 Å². The molecular weight excluding hydrogens is 419 g/mol. The summed E-state index contributed by atoms with van der Waals surface area (Å²) < 4.78 is 44.4. The van der Waals surface area contributed by atoms with Gasteiger partial charge in [-0.3, -0.25) is 0 Å². The summed E-state index contributed by atoms with van der Waals surface area (Å²) in [7, 11) is -2.37. The number of nitrogens with zero attached hydrogens (tertiary/aromatic N) is 2. The predicted octanol–water partition coefficient (Wildman–Crippen LogP) is 5.83. The number of ether oxygens (including phenoxy) is 1. The van der Waals surface area contributed by atoms with Crippen LogP contribution in [0, 0.1) is 12.7 Å². The number of hydrogen-bond donors (Lipinski definition) is 1. The van der Waals surface area contributed by atoms with E-state index in [-0.39, 0.29) is 28.2 Å². The van der Waals surface area contributed by atoms with Gasteiger partial charge >= 0.3 is 0 Å². The molecule has 0 unspecified atom stereocenters. The van der Waals surface area contributed by atoms with Crippen LogP contribution in [0.4, 0.5) is 20.4 Å². The molecule has 3 rings (SSSR count). The summed E-state index contributed by atoms with van der Waals surface area (Å²) in [5.74, 6) is -0.211. The van der Waals surface area contributed by atoms with Crippen molar-refractivity contribution >= 4 is 35.7 Å². The largest absolute Gasteiger partial charge is 0.437 e. The molecule has 0 saturated carbocycles. The van der Waals surface area contributed by atoms with Crippen molar-refractivity contribution in [3.05, 3.63) is 64.6 Å². The molecule has 1 heterocycles. The van der Waals surface area contributed by atoms with Crippen molar-refractivity contribution in [2.45, 2.75) is 13.6 Å². The van der Waals surface area contributed by atoms with Crippen LogP contribution >= 0.6 is 18.7 Å². The number of rotatable bonds is 6. The van der Waals surface area contributed by atoms with Crippen LogP contribution in [0.3, 0.4) is 0 Å². The highest BCUT2D eigenvalue weighted by atomic mass is 35.5. The van der Waals surface area contributed by atoms with Crippen molar-refractivity contribution in [2.75, 3.05) is 18.6 Å². The van der Waals surface area contributed by atoms with Crippen molar-refractivity contribution in [2.24, 2.45) is 0 Å². The summed E-state index contributed by atoms with van der Waals surface area (Å²) in [4.78, 5) is 8.32. The molecule has 0 radical (unpaired) electrons. The molecular formula is C20H19ClF2N3O2P. The van der Waals surface area contributed by atoms with Gasteiger partial charge in [-0.25, -0.2) is 13.8 Å². The molecule has 9 heteroatoms. The van der Waals surface area contributed by atoms with Crippen molar-refractivity contribution in [3.8, 4) is 11.6 Å². The Morgan fingerprint density at radius 1 is 1.21 bits per heavy atom. The van der Waals surface area contributed by atoms with Crippen molar-refractivity contribution in [1.82, 2.24) is 9.97 Å². The molecule has 0 fully saturated rings. The van der Waals surface area contributed by atoms with E-state index in [9.17, 15) is 13.3 Å². The highest BCUT2D eigenvalue weighted by molar-refractivity contribution is 7.70. The summed E-state index contributed by atoms with van der Waals surface area (Å²) in [5, 5.41) is 3.85. The SMILES string of the molecule is Cc1cc(P(C)(C)=O)ccc1Nc1ncc(CF)c(Oc2ccc(F)cc2Cl)n1. The molecule has 0 atom stereocenters. The summed E-state index contributed by atoms with van der Waals surface area (Å²) in [6, 6.07) is 9.02. The quantitative estimate of drug-likeness (QED) is 0.491. The lowest BCUT2D eigenvalue weighted by Crippen LogP contribution is -2.07. The smallest absolute Gasteiger partial charge is 0.230 e. The Morgan fingerprint density at radius 3 is 2.59 bits per heavy atom. The maximum Gasteiger partial charge on any atom is 0.230 e. The zero-order chi connectivity index (χ0) is 21.2. The molecule has 0 aliphatic heterocycles. The number of nitrogens with one attached hydrogen (secondary N) is 1. The second kappa shape index (κ2) is 8.47. The van der Waals surface area contributed by atoms with Gasteiger partial charge in [0.2, 0.25) is 11.8 Å². The van der Waals surface area contributed by atoms with Crippen molar-refractivity contribution < 1.29 is 18.1 Å². The molecule has 0 bridgehead atoms. The van der Waals surface area contributed by atoms with E-state index in [1.807, 2.05) is 13.0 Å². The molecule has 3 aromatic rings. The van der Waals surface area contributed by atoms with Crippen LogP contribution in [0.15, 0.2) is 42.6 Å².